The number of aromatic carboxylic acids is 1. The number of aliphatic hydroxyl groups excluding tert-OH is 2. The molecule has 318 valence electrons. The number of carbonyl (C=O) groups is 2. The van der Waals surface area contributed by atoms with Crippen LogP contribution in [-0.4, -0.2) is 51.5 Å². The van der Waals surface area contributed by atoms with E-state index >= 15 is 0 Å². The molecule has 7 heteroatoms. The number of carboxylic acids is 1. The van der Waals surface area contributed by atoms with E-state index in [0.717, 1.165) is 76.2 Å². The lowest BCUT2D eigenvalue weighted by molar-refractivity contribution is -0.143. The highest BCUT2D eigenvalue weighted by Crippen LogP contribution is 2.48. The van der Waals surface area contributed by atoms with Gasteiger partial charge in [-0.3, -0.25) is 4.79 Å². The Morgan fingerprint density at radius 3 is 2.12 bits per heavy atom. The van der Waals surface area contributed by atoms with Crippen molar-refractivity contribution in [2.75, 3.05) is 6.61 Å². The SMILES string of the molecule is CCCCCCCCCCCCCCCC(CCCCOC(=O)CCCC=CC[C@@H]1[C@@H](C=CC[C@H](O)C2(CC)CCC2)[C@H](O)C[C@H]1Cl)c1cccc(C(=O)O)c1. The Labute approximate surface area is 346 Å². The fourth-order valence-electron chi connectivity index (χ4n) is 9.13. The first-order chi connectivity index (χ1) is 27.2. The van der Waals surface area contributed by atoms with Crippen molar-refractivity contribution >= 4 is 23.5 Å². The largest absolute Gasteiger partial charge is 0.478 e. The molecule has 0 aromatic heterocycles. The van der Waals surface area contributed by atoms with E-state index in [9.17, 15) is 24.9 Å². The molecule has 3 N–H and O–H groups in total. The van der Waals surface area contributed by atoms with Gasteiger partial charge in [-0.25, -0.2) is 4.79 Å². The number of hydrogen-bond acceptors (Lipinski definition) is 5. The monoisotopic (exact) mass is 799 g/mol. The molecule has 1 aromatic carbocycles. The third-order valence-electron chi connectivity index (χ3n) is 13.1. The summed E-state index contributed by atoms with van der Waals surface area (Å²) in [6.45, 7) is 4.86. The molecule has 0 heterocycles. The second-order valence-corrected chi connectivity index (χ2v) is 17.8. The van der Waals surface area contributed by atoms with Crippen molar-refractivity contribution in [3.8, 4) is 0 Å². The summed E-state index contributed by atoms with van der Waals surface area (Å²) in [6, 6.07) is 7.44. The molecule has 2 fully saturated rings. The molecular weight excluding hydrogens is 720 g/mol. The number of esters is 1. The van der Waals surface area contributed by atoms with Crippen molar-refractivity contribution in [3.05, 3.63) is 59.7 Å². The van der Waals surface area contributed by atoms with E-state index in [0.29, 0.717) is 37.4 Å². The Bertz CT molecular complexity index is 1270. The first kappa shape index (κ1) is 48.2. The predicted molar refractivity (Wildman–Crippen MR) is 232 cm³/mol. The van der Waals surface area contributed by atoms with Gasteiger partial charge >= 0.3 is 11.9 Å². The summed E-state index contributed by atoms with van der Waals surface area (Å²) in [6.07, 6.45) is 37.0. The first-order valence-electron chi connectivity index (χ1n) is 23.0. The number of ether oxygens (including phenoxy) is 1. The molecule has 6 nitrogen and oxygen atoms in total. The molecule has 6 atom stereocenters. The number of halogens is 1. The van der Waals surface area contributed by atoms with Gasteiger partial charge in [-0.1, -0.05) is 140 Å². The van der Waals surface area contributed by atoms with Crippen LogP contribution in [0, 0.1) is 17.3 Å². The molecule has 1 unspecified atom stereocenters. The van der Waals surface area contributed by atoms with Crippen LogP contribution >= 0.6 is 11.6 Å². The molecular formula is C49H79ClO6. The number of allylic oxidation sites excluding steroid dienone is 2. The van der Waals surface area contributed by atoms with E-state index in [1.54, 1.807) is 6.07 Å². The summed E-state index contributed by atoms with van der Waals surface area (Å²) >= 11 is 6.66. The van der Waals surface area contributed by atoms with E-state index in [2.05, 4.69) is 44.2 Å². The second-order valence-electron chi connectivity index (χ2n) is 17.3. The van der Waals surface area contributed by atoms with Crippen molar-refractivity contribution in [3.63, 3.8) is 0 Å². The van der Waals surface area contributed by atoms with Gasteiger partial charge in [-0.2, -0.15) is 0 Å². The van der Waals surface area contributed by atoms with Crippen LogP contribution in [0.3, 0.4) is 0 Å². The minimum Gasteiger partial charge on any atom is -0.478 e. The van der Waals surface area contributed by atoms with Crippen molar-refractivity contribution < 1.29 is 29.6 Å². The topological polar surface area (TPSA) is 104 Å². The van der Waals surface area contributed by atoms with Gasteiger partial charge < -0.3 is 20.1 Å². The Hall–Kier alpha value is -2.15. The molecule has 0 saturated heterocycles. The van der Waals surface area contributed by atoms with Gasteiger partial charge in [-0.05, 0) is 112 Å². The van der Waals surface area contributed by atoms with Crippen molar-refractivity contribution in [2.24, 2.45) is 17.3 Å². The molecule has 0 aliphatic heterocycles. The van der Waals surface area contributed by atoms with Crippen molar-refractivity contribution in [1.29, 1.82) is 0 Å². The van der Waals surface area contributed by atoms with Crippen LogP contribution in [0.15, 0.2) is 48.6 Å². The van der Waals surface area contributed by atoms with E-state index in [4.69, 9.17) is 16.3 Å². The average molecular weight is 800 g/mol. The van der Waals surface area contributed by atoms with Crippen LogP contribution in [0.5, 0.6) is 0 Å². The Morgan fingerprint density at radius 2 is 1.52 bits per heavy atom. The van der Waals surface area contributed by atoms with Crippen molar-refractivity contribution in [1.82, 2.24) is 0 Å². The van der Waals surface area contributed by atoms with E-state index in [1.165, 1.54) is 83.5 Å². The highest BCUT2D eigenvalue weighted by atomic mass is 35.5. The lowest BCUT2D eigenvalue weighted by atomic mass is 9.63. The molecule has 2 aliphatic rings. The molecule has 0 bridgehead atoms. The highest BCUT2D eigenvalue weighted by Gasteiger charge is 2.42. The summed E-state index contributed by atoms with van der Waals surface area (Å²) in [5.74, 6) is -0.581. The lowest BCUT2D eigenvalue weighted by Crippen LogP contribution is -2.40. The van der Waals surface area contributed by atoms with Gasteiger partial charge in [-0.15, -0.1) is 11.6 Å². The number of benzene rings is 1. The van der Waals surface area contributed by atoms with Gasteiger partial charge in [0.1, 0.15) is 0 Å². The van der Waals surface area contributed by atoms with Crippen molar-refractivity contribution in [2.45, 2.75) is 211 Å². The molecule has 2 saturated carbocycles. The van der Waals surface area contributed by atoms with Crippen LogP contribution in [0.25, 0.3) is 0 Å². The molecule has 56 heavy (non-hydrogen) atoms. The fourth-order valence-corrected chi connectivity index (χ4v) is 9.58. The number of hydrogen-bond donors (Lipinski definition) is 3. The van der Waals surface area contributed by atoms with Gasteiger partial charge in [0.15, 0.2) is 0 Å². The quantitative estimate of drug-likeness (QED) is 0.0290. The number of aliphatic hydroxyl groups is 2. The Balaban J connectivity index is 1.28. The average Bonchev–Trinajstić information content (AvgIpc) is 3.44. The summed E-state index contributed by atoms with van der Waals surface area (Å²) in [5, 5.41) is 30.9. The first-order valence-corrected chi connectivity index (χ1v) is 23.4. The van der Waals surface area contributed by atoms with E-state index < -0.39 is 12.1 Å². The normalized spacial score (nSPS) is 21.7. The van der Waals surface area contributed by atoms with Gasteiger partial charge in [0, 0.05) is 17.7 Å². The van der Waals surface area contributed by atoms with Gasteiger partial charge in [0.2, 0.25) is 0 Å². The summed E-state index contributed by atoms with van der Waals surface area (Å²) in [4.78, 5) is 24.1. The molecule has 2 aliphatic carbocycles. The molecule has 0 spiro atoms. The number of unbranched alkanes of at least 4 members (excludes halogenated alkanes) is 14. The third-order valence-corrected chi connectivity index (χ3v) is 13.6. The number of alkyl halides is 1. The molecule has 0 amide bonds. The van der Waals surface area contributed by atoms with Crippen LogP contribution in [0.1, 0.15) is 209 Å². The second kappa shape index (κ2) is 28.3. The molecule has 1 aromatic rings. The maximum atomic E-state index is 12.5. The maximum absolute atomic E-state index is 12.5. The van der Waals surface area contributed by atoms with Gasteiger partial charge in [0.25, 0.3) is 0 Å². The van der Waals surface area contributed by atoms with E-state index in [-0.39, 0.29) is 34.7 Å². The zero-order valence-corrected chi connectivity index (χ0v) is 36.1. The zero-order chi connectivity index (χ0) is 40.4. The predicted octanol–water partition coefficient (Wildman–Crippen LogP) is 13.3. The minimum atomic E-state index is -0.885. The number of carboxylic acid groups (broad SMARTS) is 1. The van der Waals surface area contributed by atoms with Crippen LogP contribution < -0.4 is 0 Å². The maximum Gasteiger partial charge on any atom is 0.335 e. The smallest absolute Gasteiger partial charge is 0.335 e. The van der Waals surface area contributed by atoms with Gasteiger partial charge in [0.05, 0.1) is 24.4 Å². The highest BCUT2D eigenvalue weighted by molar-refractivity contribution is 6.21. The number of carbonyl (C=O) groups excluding carboxylic acids is 1. The minimum absolute atomic E-state index is 0.00676. The Kier molecular flexibility index (Phi) is 24.4. The summed E-state index contributed by atoms with van der Waals surface area (Å²) < 4.78 is 5.57. The summed E-state index contributed by atoms with van der Waals surface area (Å²) in [5.41, 5.74) is 1.53. The Morgan fingerprint density at radius 1 is 0.875 bits per heavy atom. The summed E-state index contributed by atoms with van der Waals surface area (Å²) in [7, 11) is 0. The molecule has 0 radical (unpaired) electrons. The van der Waals surface area contributed by atoms with Crippen LogP contribution in [0.4, 0.5) is 0 Å². The van der Waals surface area contributed by atoms with Crippen LogP contribution in [0.2, 0.25) is 0 Å². The standard InChI is InChI=1S/C49H79ClO6/c1-3-5-6-7-8-9-10-11-12-13-14-15-18-26-39(40-28-23-29-41(37-40)48(54)55)27-21-22-36-56-47(53)33-20-17-16-19-30-42-43(45(51)38-44(42)50)31-24-32-46(52)49(4-2)34-25-35-49/h16,19,23-24,28-29,31,37,39,42-46,51-52H,3-15,17-18,20-22,25-27,30,32-36,38H2,1-2H3,(H,54,55)/t39?,42-,43-,44-,45-,46+/m1/s1. The molecule has 3 rings (SSSR count). The van der Waals surface area contributed by atoms with Crippen LogP contribution in [-0.2, 0) is 9.53 Å². The lowest BCUT2D eigenvalue weighted by Gasteiger charge is -2.45. The fraction of sp³-hybridized carbons (Fsp3) is 0.755. The zero-order valence-electron chi connectivity index (χ0n) is 35.3. The number of rotatable bonds is 32. The third kappa shape index (κ3) is 17.8. The van der Waals surface area contributed by atoms with E-state index in [1.807, 2.05) is 12.1 Å².